The van der Waals surface area contributed by atoms with Crippen LogP contribution in [-0.2, 0) is 16.0 Å². The third-order valence-electron chi connectivity index (χ3n) is 4.75. The summed E-state index contributed by atoms with van der Waals surface area (Å²) in [4.78, 5) is 28.6. The average Bonchev–Trinajstić information content (AvgIpc) is 3.03. The van der Waals surface area contributed by atoms with E-state index in [1.165, 1.54) is 4.90 Å². The minimum atomic E-state index is -0.676. The van der Waals surface area contributed by atoms with Crippen LogP contribution in [0.4, 0.5) is 5.69 Å². The van der Waals surface area contributed by atoms with Crippen LogP contribution < -0.4 is 10.6 Å². The minimum absolute atomic E-state index is 0.124. The van der Waals surface area contributed by atoms with Gasteiger partial charge in [-0.1, -0.05) is 54.1 Å². The molecule has 0 bridgehead atoms. The lowest BCUT2D eigenvalue weighted by Gasteiger charge is -2.27. The first kappa shape index (κ1) is 18.4. The summed E-state index contributed by atoms with van der Waals surface area (Å²) in [6.07, 6.45) is 1.00. The van der Waals surface area contributed by atoms with E-state index in [1.807, 2.05) is 48.5 Å². The van der Waals surface area contributed by atoms with Crippen molar-refractivity contribution in [1.82, 2.24) is 4.90 Å². The highest BCUT2D eigenvalue weighted by atomic mass is 35.5. The van der Waals surface area contributed by atoms with Crippen LogP contribution in [-0.4, -0.2) is 42.4 Å². The van der Waals surface area contributed by atoms with Gasteiger partial charge in [0.1, 0.15) is 6.04 Å². The summed E-state index contributed by atoms with van der Waals surface area (Å²) < 4.78 is 0. The minimum Gasteiger partial charge on any atom is -0.332 e. The third-order valence-corrected chi connectivity index (χ3v) is 5.07. The second kappa shape index (κ2) is 7.89. The predicted octanol–water partition coefficient (Wildman–Crippen LogP) is 2.47. The van der Waals surface area contributed by atoms with Gasteiger partial charge in [0, 0.05) is 13.6 Å². The normalized spacial score (nSPS) is 18.0. The third kappa shape index (κ3) is 3.74. The molecule has 2 N–H and O–H groups in total. The Morgan fingerprint density at radius 3 is 2.58 bits per heavy atom. The first-order chi connectivity index (χ1) is 12.5. The molecular formula is C20H22ClN3O2. The fraction of sp³-hybridized carbons (Fsp3) is 0.300. The van der Waals surface area contributed by atoms with Gasteiger partial charge < -0.3 is 15.5 Å². The van der Waals surface area contributed by atoms with Crippen LogP contribution in [0.2, 0.25) is 5.02 Å². The zero-order chi connectivity index (χ0) is 18.7. The highest BCUT2D eigenvalue weighted by Gasteiger charge is 2.38. The van der Waals surface area contributed by atoms with Gasteiger partial charge in [-0.05, 0) is 30.5 Å². The molecule has 1 aliphatic rings. The van der Waals surface area contributed by atoms with Crippen molar-refractivity contribution in [3.8, 4) is 0 Å². The van der Waals surface area contributed by atoms with Crippen molar-refractivity contribution in [2.45, 2.75) is 24.9 Å². The molecule has 5 nitrogen and oxygen atoms in total. The number of nitrogens with zero attached hydrogens (tertiary/aromatic N) is 2. The number of rotatable bonds is 5. The zero-order valence-electron chi connectivity index (χ0n) is 14.6. The van der Waals surface area contributed by atoms with Gasteiger partial charge in [0.2, 0.25) is 11.8 Å². The average molecular weight is 372 g/mol. The van der Waals surface area contributed by atoms with E-state index >= 15 is 0 Å². The molecular weight excluding hydrogens is 350 g/mol. The smallest absolute Gasteiger partial charge is 0.249 e. The topological polar surface area (TPSA) is 66.6 Å². The van der Waals surface area contributed by atoms with Crippen molar-refractivity contribution in [2.24, 2.45) is 5.73 Å². The molecule has 0 aliphatic carbocycles. The number of halogens is 1. The van der Waals surface area contributed by atoms with Crippen LogP contribution in [0.25, 0.3) is 0 Å². The number of amides is 2. The van der Waals surface area contributed by atoms with Gasteiger partial charge in [-0.25, -0.2) is 0 Å². The Morgan fingerprint density at radius 2 is 1.88 bits per heavy atom. The molecule has 2 amide bonds. The van der Waals surface area contributed by atoms with Crippen LogP contribution in [0.5, 0.6) is 0 Å². The van der Waals surface area contributed by atoms with Gasteiger partial charge in [-0.3, -0.25) is 9.59 Å². The molecule has 1 unspecified atom stereocenters. The molecule has 6 heteroatoms. The van der Waals surface area contributed by atoms with E-state index in [0.717, 1.165) is 5.56 Å². The molecule has 0 radical (unpaired) electrons. The van der Waals surface area contributed by atoms with Crippen LogP contribution >= 0.6 is 11.6 Å². The maximum Gasteiger partial charge on any atom is 0.249 e. The zero-order valence-corrected chi connectivity index (χ0v) is 15.4. The lowest BCUT2D eigenvalue weighted by Crippen LogP contribution is -2.50. The summed E-state index contributed by atoms with van der Waals surface area (Å²) in [6.45, 7) is 0.527. The van der Waals surface area contributed by atoms with Crippen molar-refractivity contribution in [1.29, 1.82) is 0 Å². The number of anilines is 1. The summed E-state index contributed by atoms with van der Waals surface area (Å²) in [5.74, 6) is -0.353. The number of carbonyl (C=O) groups is 2. The highest BCUT2D eigenvalue weighted by Crippen LogP contribution is 2.30. The van der Waals surface area contributed by atoms with Gasteiger partial charge in [-0.15, -0.1) is 0 Å². The summed E-state index contributed by atoms with van der Waals surface area (Å²) in [7, 11) is 1.64. The number of nitrogens with two attached hydrogens (primary N) is 1. The van der Waals surface area contributed by atoms with E-state index in [9.17, 15) is 9.59 Å². The first-order valence-corrected chi connectivity index (χ1v) is 8.99. The quantitative estimate of drug-likeness (QED) is 0.878. The standard InChI is InChI=1S/C20H22ClN3O2/c1-23(19(25)16(22)13-14-7-3-2-4-8-14)18-11-12-24(20(18)26)17-10-6-5-9-15(17)21/h2-10,16,18H,11-13,22H2,1H3/t16-,18?/m0/s1. The van der Waals surface area contributed by atoms with Gasteiger partial charge in [0.05, 0.1) is 16.8 Å². The van der Waals surface area contributed by atoms with E-state index in [2.05, 4.69) is 0 Å². The summed E-state index contributed by atoms with van der Waals surface area (Å²) in [5, 5.41) is 0.524. The van der Waals surface area contributed by atoms with Crippen molar-refractivity contribution >= 4 is 29.1 Å². The fourth-order valence-corrected chi connectivity index (χ4v) is 3.54. The second-order valence-electron chi connectivity index (χ2n) is 6.49. The van der Waals surface area contributed by atoms with Crippen LogP contribution in [0.1, 0.15) is 12.0 Å². The van der Waals surface area contributed by atoms with E-state index in [4.69, 9.17) is 17.3 Å². The van der Waals surface area contributed by atoms with Gasteiger partial charge in [-0.2, -0.15) is 0 Å². The van der Waals surface area contributed by atoms with E-state index < -0.39 is 12.1 Å². The monoisotopic (exact) mass is 371 g/mol. The SMILES string of the molecule is CN(C(=O)[C@@H](N)Cc1ccccc1)C1CCN(c2ccccc2Cl)C1=O. The number of carbonyl (C=O) groups excluding carboxylic acids is 2. The molecule has 2 aromatic rings. The van der Waals surface area contributed by atoms with Crippen molar-refractivity contribution in [2.75, 3.05) is 18.5 Å². The highest BCUT2D eigenvalue weighted by molar-refractivity contribution is 6.34. The molecule has 1 saturated heterocycles. The van der Waals surface area contributed by atoms with Crippen molar-refractivity contribution < 1.29 is 9.59 Å². The van der Waals surface area contributed by atoms with Crippen LogP contribution in [0.15, 0.2) is 54.6 Å². The van der Waals surface area contributed by atoms with E-state index in [1.54, 1.807) is 18.0 Å². The Labute approximate surface area is 158 Å². The van der Waals surface area contributed by atoms with Gasteiger partial charge in [0.15, 0.2) is 0 Å². The van der Waals surface area contributed by atoms with Crippen molar-refractivity contribution in [3.05, 3.63) is 65.2 Å². The Bertz CT molecular complexity index is 797. The molecule has 1 aliphatic heterocycles. The van der Waals surface area contributed by atoms with E-state index in [0.29, 0.717) is 30.1 Å². The largest absolute Gasteiger partial charge is 0.332 e. The fourth-order valence-electron chi connectivity index (χ4n) is 3.30. The molecule has 2 aromatic carbocycles. The molecule has 1 heterocycles. The molecule has 3 rings (SSSR count). The summed E-state index contributed by atoms with van der Waals surface area (Å²) >= 11 is 6.21. The Kier molecular flexibility index (Phi) is 5.59. The number of likely N-dealkylation sites (N-methyl/N-ethyl adjacent to an activating group) is 1. The van der Waals surface area contributed by atoms with Gasteiger partial charge in [0.25, 0.3) is 0 Å². The molecule has 0 saturated carbocycles. The molecule has 2 atom stereocenters. The van der Waals surface area contributed by atoms with Crippen LogP contribution in [0, 0.1) is 0 Å². The molecule has 1 fully saturated rings. The molecule has 26 heavy (non-hydrogen) atoms. The predicted molar refractivity (Wildman–Crippen MR) is 103 cm³/mol. The van der Waals surface area contributed by atoms with E-state index in [-0.39, 0.29) is 11.8 Å². The maximum atomic E-state index is 12.8. The Hall–Kier alpha value is -2.37. The molecule has 136 valence electrons. The first-order valence-electron chi connectivity index (χ1n) is 8.61. The molecule has 0 aromatic heterocycles. The Balaban J connectivity index is 1.68. The number of hydrogen-bond donors (Lipinski definition) is 1. The molecule has 0 spiro atoms. The maximum absolute atomic E-state index is 12.8. The Morgan fingerprint density at radius 1 is 1.23 bits per heavy atom. The number of benzene rings is 2. The summed E-state index contributed by atoms with van der Waals surface area (Å²) in [6, 6.07) is 15.7. The van der Waals surface area contributed by atoms with Crippen molar-refractivity contribution in [3.63, 3.8) is 0 Å². The summed E-state index contributed by atoms with van der Waals surface area (Å²) in [5.41, 5.74) is 7.77. The number of para-hydroxylation sites is 1. The number of hydrogen-bond acceptors (Lipinski definition) is 3. The van der Waals surface area contributed by atoms with Gasteiger partial charge >= 0.3 is 0 Å². The lowest BCUT2D eigenvalue weighted by molar-refractivity contribution is -0.137. The second-order valence-corrected chi connectivity index (χ2v) is 6.90. The van der Waals surface area contributed by atoms with Crippen LogP contribution in [0.3, 0.4) is 0 Å². The lowest BCUT2D eigenvalue weighted by atomic mass is 10.0.